The molecule has 0 N–H and O–H groups in total. The first-order chi connectivity index (χ1) is 15.6. The van der Waals surface area contributed by atoms with Gasteiger partial charge in [0.1, 0.15) is 11.6 Å². The first-order valence-electron chi connectivity index (χ1n) is 9.65. The number of methoxy groups -OCH3 is 2. The van der Waals surface area contributed by atoms with Gasteiger partial charge in [0.15, 0.2) is 23.9 Å². The fourth-order valence-corrected chi connectivity index (χ4v) is 2.98. The van der Waals surface area contributed by atoms with E-state index in [1.54, 1.807) is 61.7 Å². The number of carbonyl (C=O) groups is 1. The number of ketones is 1. The van der Waals surface area contributed by atoms with Gasteiger partial charge in [0.25, 0.3) is 5.89 Å². The number of aromatic nitrogens is 2. The number of carbonyl (C=O) groups excluding carboxylic acids is 1. The molecule has 0 amide bonds. The second-order valence-corrected chi connectivity index (χ2v) is 6.74. The van der Waals surface area contributed by atoms with Gasteiger partial charge in [-0.2, -0.15) is 4.98 Å². The highest BCUT2D eigenvalue weighted by atomic mass is 19.1. The van der Waals surface area contributed by atoms with E-state index in [-0.39, 0.29) is 24.1 Å². The lowest BCUT2D eigenvalue weighted by molar-refractivity contribution is 0.0919. The van der Waals surface area contributed by atoms with Gasteiger partial charge in [0, 0.05) is 16.7 Å². The van der Waals surface area contributed by atoms with Crippen molar-refractivity contribution >= 4 is 5.78 Å². The molecular formula is C24H19FN2O5. The minimum absolute atomic E-state index is 0.154. The molecule has 0 radical (unpaired) electrons. The van der Waals surface area contributed by atoms with Crippen molar-refractivity contribution in [3.63, 3.8) is 0 Å². The van der Waals surface area contributed by atoms with Crippen LogP contribution < -0.4 is 14.2 Å². The zero-order chi connectivity index (χ0) is 22.5. The molecule has 0 saturated heterocycles. The van der Waals surface area contributed by atoms with Crippen molar-refractivity contribution < 1.29 is 27.9 Å². The maximum absolute atomic E-state index is 13.1. The summed E-state index contributed by atoms with van der Waals surface area (Å²) in [5.74, 6) is 1.57. The van der Waals surface area contributed by atoms with Crippen molar-refractivity contribution in [3.05, 3.63) is 78.1 Å². The molecule has 1 heterocycles. The average Bonchev–Trinajstić information content (AvgIpc) is 3.33. The second kappa shape index (κ2) is 9.30. The fourth-order valence-electron chi connectivity index (χ4n) is 2.98. The van der Waals surface area contributed by atoms with Gasteiger partial charge in [-0.25, -0.2) is 4.39 Å². The number of Topliss-reactive ketones (excluding diaryl/α,β-unsaturated/α-hetero) is 1. The largest absolute Gasteiger partial charge is 0.497 e. The zero-order valence-corrected chi connectivity index (χ0v) is 17.4. The van der Waals surface area contributed by atoms with E-state index >= 15 is 0 Å². The Morgan fingerprint density at radius 3 is 2.31 bits per heavy atom. The Morgan fingerprint density at radius 1 is 0.906 bits per heavy atom. The Hall–Kier alpha value is -4.20. The number of benzene rings is 3. The van der Waals surface area contributed by atoms with E-state index in [4.69, 9.17) is 18.7 Å². The fraction of sp³-hybridized carbons (Fsp3) is 0.125. The van der Waals surface area contributed by atoms with Crippen molar-refractivity contribution in [2.75, 3.05) is 20.8 Å². The summed E-state index contributed by atoms with van der Waals surface area (Å²) in [6.07, 6.45) is 0. The summed E-state index contributed by atoms with van der Waals surface area (Å²) in [7, 11) is 3.06. The van der Waals surface area contributed by atoms with Gasteiger partial charge in [-0.05, 0) is 66.7 Å². The van der Waals surface area contributed by atoms with E-state index in [0.717, 1.165) is 0 Å². The van der Waals surface area contributed by atoms with Crippen LogP contribution in [0.25, 0.3) is 22.8 Å². The minimum Gasteiger partial charge on any atom is -0.497 e. The van der Waals surface area contributed by atoms with Crippen LogP contribution in [-0.2, 0) is 0 Å². The van der Waals surface area contributed by atoms with E-state index in [2.05, 4.69) is 10.1 Å². The van der Waals surface area contributed by atoms with Gasteiger partial charge in [-0.1, -0.05) is 5.16 Å². The molecule has 0 spiro atoms. The van der Waals surface area contributed by atoms with Crippen LogP contribution in [-0.4, -0.2) is 36.8 Å². The van der Waals surface area contributed by atoms with Gasteiger partial charge in [0.2, 0.25) is 5.82 Å². The zero-order valence-electron chi connectivity index (χ0n) is 17.4. The molecule has 3 aromatic carbocycles. The van der Waals surface area contributed by atoms with Gasteiger partial charge >= 0.3 is 0 Å². The molecule has 0 bridgehead atoms. The van der Waals surface area contributed by atoms with Crippen molar-refractivity contribution in [2.24, 2.45) is 0 Å². The topological polar surface area (TPSA) is 83.7 Å². The van der Waals surface area contributed by atoms with Gasteiger partial charge in [-0.3, -0.25) is 4.79 Å². The molecule has 0 atom stereocenters. The van der Waals surface area contributed by atoms with Crippen molar-refractivity contribution in [3.8, 4) is 40.1 Å². The van der Waals surface area contributed by atoms with Crippen LogP contribution in [0.2, 0.25) is 0 Å². The van der Waals surface area contributed by atoms with E-state index in [0.29, 0.717) is 39.8 Å². The Bertz CT molecular complexity index is 1220. The lowest BCUT2D eigenvalue weighted by Gasteiger charge is -2.11. The number of rotatable bonds is 8. The van der Waals surface area contributed by atoms with E-state index in [9.17, 15) is 9.18 Å². The molecule has 32 heavy (non-hydrogen) atoms. The maximum Gasteiger partial charge on any atom is 0.258 e. The SMILES string of the molecule is COc1ccc(C(=O)COc2ccc(-c3noc(-c4ccc(F)cc4)n3)cc2OC)cc1. The summed E-state index contributed by atoms with van der Waals surface area (Å²) in [6.45, 7) is -0.154. The van der Waals surface area contributed by atoms with Crippen molar-refractivity contribution in [2.45, 2.75) is 0 Å². The molecule has 8 heteroatoms. The van der Waals surface area contributed by atoms with Crippen LogP contribution in [0.1, 0.15) is 10.4 Å². The third kappa shape index (κ3) is 4.59. The monoisotopic (exact) mass is 434 g/mol. The molecule has 4 aromatic rings. The summed E-state index contributed by atoms with van der Waals surface area (Å²) in [4.78, 5) is 16.8. The van der Waals surface area contributed by atoms with Gasteiger partial charge in [0.05, 0.1) is 14.2 Å². The van der Waals surface area contributed by atoms with Crippen molar-refractivity contribution in [1.82, 2.24) is 10.1 Å². The number of ether oxygens (including phenoxy) is 3. The Labute approximate surface area is 183 Å². The standard InChI is InChI=1S/C24H19FN2O5/c1-29-19-10-5-15(6-11-19)20(28)14-31-21-12-7-17(13-22(21)30-2)23-26-24(32-27-23)16-3-8-18(25)9-4-16/h3-13H,14H2,1-2H3. The van der Waals surface area contributed by atoms with Crippen LogP contribution in [0, 0.1) is 5.82 Å². The quantitative estimate of drug-likeness (QED) is 0.368. The first kappa shape index (κ1) is 21.0. The molecule has 162 valence electrons. The first-order valence-corrected chi connectivity index (χ1v) is 9.65. The molecule has 1 aromatic heterocycles. The van der Waals surface area contributed by atoms with Crippen LogP contribution in [0.5, 0.6) is 17.2 Å². The summed E-state index contributed by atoms with van der Waals surface area (Å²) >= 11 is 0. The summed E-state index contributed by atoms with van der Waals surface area (Å²) in [5.41, 5.74) is 1.75. The predicted molar refractivity (Wildman–Crippen MR) is 114 cm³/mol. The van der Waals surface area contributed by atoms with Crippen molar-refractivity contribution in [1.29, 1.82) is 0 Å². The molecule has 0 aliphatic carbocycles. The molecule has 4 rings (SSSR count). The number of halogens is 1. The van der Waals surface area contributed by atoms with E-state index in [1.165, 1.54) is 19.2 Å². The van der Waals surface area contributed by atoms with Gasteiger partial charge in [-0.15, -0.1) is 0 Å². The summed E-state index contributed by atoms with van der Waals surface area (Å²) in [5, 5.41) is 3.98. The van der Waals surface area contributed by atoms with Crippen LogP contribution >= 0.6 is 0 Å². The lowest BCUT2D eigenvalue weighted by Crippen LogP contribution is -2.12. The highest BCUT2D eigenvalue weighted by Gasteiger charge is 2.15. The Kier molecular flexibility index (Phi) is 6.12. The molecule has 0 fully saturated rings. The Morgan fingerprint density at radius 2 is 1.62 bits per heavy atom. The number of nitrogens with zero attached hydrogens (tertiary/aromatic N) is 2. The molecular weight excluding hydrogens is 415 g/mol. The normalized spacial score (nSPS) is 10.6. The van der Waals surface area contributed by atoms with Crippen LogP contribution in [0.3, 0.4) is 0 Å². The summed E-state index contributed by atoms with van der Waals surface area (Å²) < 4.78 is 34.6. The van der Waals surface area contributed by atoms with E-state index in [1.807, 2.05) is 0 Å². The highest BCUT2D eigenvalue weighted by molar-refractivity contribution is 5.97. The second-order valence-electron chi connectivity index (χ2n) is 6.74. The molecule has 0 unspecified atom stereocenters. The summed E-state index contributed by atoms with van der Waals surface area (Å²) in [6, 6.07) is 17.6. The molecule has 7 nitrogen and oxygen atoms in total. The third-order valence-corrected chi connectivity index (χ3v) is 4.71. The third-order valence-electron chi connectivity index (χ3n) is 4.71. The maximum atomic E-state index is 13.1. The smallest absolute Gasteiger partial charge is 0.258 e. The average molecular weight is 434 g/mol. The number of hydrogen-bond donors (Lipinski definition) is 0. The Balaban J connectivity index is 1.48. The molecule has 0 aliphatic rings. The minimum atomic E-state index is -0.348. The van der Waals surface area contributed by atoms with E-state index < -0.39 is 0 Å². The molecule has 0 saturated carbocycles. The molecule has 0 aliphatic heterocycles. The lowest BCUT2D eigenvalue weighted by atomic mass is 10.1. The van der Waals surface area contributed by atoms with Crippen LogP contribution in [0.4, 0.5) is 4.39 Å². The highest BCUT2D eigenvalue weighted by Crippen LogP contribution is 2.32. The number of hydrogen-bond acceptors (Lipinski definition) is 7. The predicted octanol–water partition coefficient (Wildman–Crippen LogP) is 4.82. The van der Waals surface area contributed by atoms with Gasteiger partial charge < -0.3 is 18.7 Å². The van der Waals surface area contributed by atoms with Crippen LogP contribution in [0.15, 0.2) is 71.3 Å².